The first kappa shape index (κ1) is 20.5. The van der Waals surface area contributed by atoms with Gasteiger partial charge in [-0.2, -0.15) is 0 Å². The summed E-state index contributed by atoms with van der Waals surface area (Å²) in [5, 5.41) is 7.56. The zero-order chi connectivity index (χ0) is 22.6. The van der Waals surface area contributed by atoms with Crippen molar-refractivity contribution in [1.82, 2.24) is 15.0 Å². The highest BCUT2D eigenvalue weighted by Gasteiger charge is 2.23. The number of aromatic amines is 1. The highest BCUT2D eigenvalue weighted by molar-refractivity contribution is 6.05. The molecule has 3 aromatic heterocycles. The van der Waals surface area contributed by atoms with Crippen LogP contribution < -0.4 is 10.6 Å². The lowest BCUT2D eigenvalue weighted by Gasteiger charge is -2.20. The van der Waals surface area contributed by atoms with Crippen molar-refractivity contribution in [3.8, 4) is 0 Å². The summed E-state index contributed by atoms with van der Waals surface area (Å²) < 4.78 is 0. The van der Waals surface area contributed by atoms with Crippen LogP contribution in [0.2, 0.25) is 0 Å². The van der Waals surface area contributed by atoms with Crippen LogP contribution in [-0.2, 0) is 0 Å². The first-order valence-electron chi connectivity index (χ1n) is 10.8. The first-order valence-corrected chi connectivity index (χ1v) is 10.8. The average molecular weight is 434 g/mol. The van der Waals surface area contributed by atoms with Gasteiger partial charge in [-0.15, -0.1) is 0 Å². The van der Waals surface area contributed by atoms with Crippen molar-refractivity contribution >= 4 is 28.3 Å². The van der Waals surface area contributed by atoms with Gasteiger partial charge in [-0.05, 0) is 61.5 Å². The monoisotopic (exact) mass is 433 g/mol. The SMILES string of the molecule is Cc1[nH]c2ccc(NC(=O)c3ccccc3)cc2c1[C@H](Nc1ccccn1)c1ccccn1. The molecule has 0 fully saturated rings. The second kappa shape index (κ2) is 8.96. The first-order chi connectivity index (χ1) is 16.2. The number of hydrogen-bond acceptors (Lipinski definition) is 4. The number of hydrogen-bond donors (Lipinski definition) is 3. The number of pyridine rings is 2. The van der Waals surface area contributed by atoms with E-state index in [1.54, 1.807) is 24.5 Å². The molecule has 0 aliphatic heterocycles. The molecule has 0 aliphatic carbocycles. The summed E-state index contributed by atoms with van der Waals surface area (Å²) in [6, 6.07) is 26.5. The Bertz CT molecular complexity index is 1380. The van der Waals surface area contributed by atoms with Crippen LogP contribution in [0.25, 0.3) is 10.9 Å². The van der Waals surface area contributed by atoms with Crippen LogP contribution in [0.3, 0.4) is 0 Å². The van der Waals surface area contributed by atoms with E-state index in [0.717, 1.165) is 39.4 Å². The van der Waals surface area contributed by atoms with E-state index in [4.69, 9.17) is 0 Å². The number of benzene rings is 2. The van der Waals surface area contributed by atoms with Crippen molar-refractivity contribution in [3.63, 3.8) is 0 Å². The second-order valence-corrected chi connectivity index (χ2v) is 7.79. The molecule has 0 spiro atoms. The van der Waals surface area contributed by atoms with Crippen LogP contribution in [0.1, 0.15) is 33.4 Å². The predicted octanol–water partition coefficient (Wildman–Crippen LogP) is 5.72. The van der Waals surface area contributed by atoms with Gasteiger partial charge in [0, 0.05) is 45.8 Å². The molecule has 3 N–H and O–H groups in total. The number of amides is 1. The van der Waals surface area contributed by atoms with Crippen molar-refractivity contribution in [2.75, 3.05) is 10.6 Å². The van der Waals surface area contributed by atoms with Crippen LogP contribution in [0.5, 0.6) is 0 Å². The number of carbonyl (C=O) groups is 1. The lowest BCUT2D eigenvalue weighted by atomic mass is 9.99. The van der Waals surface area contributed by atoms with Crippen LogP contribution >= 0.6 is 0 Å². The lowest BCUT2D eigenvalue weighted by Crippen LogP contribution is -2.15. The smallest absolute Gasteiger partial charge is 0.255 e. The van der Waals surface area contributed by atoms with Gasteiger partial charge in [-0.25, -0.2) is 4.98 Å². The molecule has 0 saturated carbocycles. The standard InChI is InChI=1S/C27H23N5O/c1-18-25(26(23-11-5-7-15-28-23)32-24-12-6-8-16-29-24)21-17-20(13-14-22(21)30-18)31-27(33)19-9-3-2-4-10-19/h2-17,26,30H,1H3,(H,29,32)(H,31,33)/t26-/m1/s1. The third kappa shape index (κ3) is 4.32. The van der Waals surface area contributed by atoms with E-state index in [1.807, 2.05) is 79.7 Å². The summed E-state index contributed by atoms with van der Waals surface area (Å²) in [5.41, 5.74) is 5.30. The fourth-order valence-corrected chi connectivity index (χ4v) is 4.03. The maximum atomic E-state index is 12.7. The van der Waals surface area contributed by atoms with E-state index >= 15 is 0 Å². The quantitative estimate of drug-likeness (QED) is 0.320. The normalized spacial score (nSPS) is 11.8. The average Bonchev–Trinajstić information content (AvgIpc) is 3.19. The number of nitrogens with zero attached hydrogens (tertiary/aromatic N) is 2. The number of H-pyrrole nitrogens is 1. The lowest BCUT2D eigenvalue weighted by molar-refractivity contribution is 0.102. The summed E-state index contributed by atoms with van der Waals surface area (Å²) in [4.78, 5) is 25.2. The van der Waals surface area contributed by atoms with Crippen molar-refractivity contribution in [3.05, 3.63) is 120 Å². The molecule has 0 unspecified atom stereocenters. The van der Waals surface area contributed by atoms with E-state index in [9.17, 15) is 4.79 Å². The Labute approximate surface area is 191 Å². The minimum atomic E-state index is -0.227. The summed E-state index contributed by atoms with van der Waals surface area (Å²) in [6.07, 6.45) is 3.55. The van der Waals surface area contributed by atoms with Gasteiger partial charge in [0.05, 0.1) is 11.7 Å². The van der Waals surface area contributed by atoms with Crippen LogP contribution in [0.4, 0.5) is 11.5 Å². The van der Waals surface area contributed by atoms with Gasteiger partial charge in [0.25, 0.3) is 5.91 Å². The van der Waals surface area contributed by atoms with Gasteiger partial charge < -0.3 is 15.6 Å². The molecule has 1 amide bonds. The zero-order valence-corrected chi connectivity index (χ0v) is 18.1. The Hall–Kier alpha value is -4.45. The van der Waals surface area contributed by atoms with Crippen molar-refractivity contribution < 1.29 is 4.79 Å². The maximum Gasteiger partial charge on any atom is 0.255 e. The minimum absolute atomic E-state index is 0.142. The summed E-state index contributed by atoms with van der Waals surface area (Å²) in [6.45, 7) is 2.05. The fraction of sp³-hybridized carbons (Fsp3) is 0.0741. The number of aryl methyl sites for hydroxylation is 1. The molecule has 5 rings (SSSR count). The molecule has 5 aromatic rings. The Morgan fingerprint density at radius 3 is 2.36 bits per heavy atom. The molecule has 0 saturated heterocycles. The Balaban J connectivity index is 1.56. The third-order valence-electron chi connectivity index (χ3n) is 5.56. The van der Waals surface area contributed by atoms with E-state index in [1.165, 1.54) is 0 Å². The van der Waals surface area contributed by atoms with Gasteiger partial charge in [-0.3, -0.25) is 9.78 Å². The molecular weight excluding hydrogens is 410 g/mol. The molecule has 0 radical (unpaired) electrons. The Morgan fingerprint density at radius 2 is 1.64 bits per heavy atom. The molecule has 33 heavy (non-hydrogen) atoms. The van der Waals surface area contributed by atoms with E-state index in [-0.39, 0.29) is 11.9 Å². The van der Waals surface area contributed by atoms with E-state index < -0.39 is 0 Å². The number of aromatic nitrogens is 3. The summed E-state index contributed by atoms with van der Waals surface area (Å²) in [7, 11) is 0. The van der Waals surface area contributed by atoms with Crippen molar-refractivity contribution in [2.24, 2.45) is 0 Å². The van der Waals surface area contributed by atoms with E-state index in [0.29, 0.717) is 5.56 Å². The maximum absolute atomic E-state index is 12.7. The molecule has 6 nitrogen and oxygen atoms in total. The third-order valence-corrected chi connectivity index (χ3v) is 5.56. The minimum Gasteiger partial charge on any atom is -0.358 e. The molecule has 1 atom stereocenters. The highest BCUT2D eigenvalue weighted by Crippen LogP contribution is 2.34. The Kier molecular flexibility index (Phi) is 5.55. The number of anilines is 2. The molecule has 162 valence electrons. The summed E-state index contributed by atoms with van der Waals surface area (Å²) >= 11 is 0. The van der Waals surface area contributed by atoms with Gasteiger partial charge in [0.15, 0.2) is 0 Å². The van der Waals surface area contributed by atoms with Gasteiger partial charge >= 0.3 is 0 Å². The fourth-order valence-electron chi connectivity index (χ4n) is 4.03. The number of rotatable bonds is 6. The number of fused-ring (bicyclic) bond motifs is 1. The predicted molar refractivity (Wildman–Crippen MR) is 131 cm³/mol. The van der Waals surface area contributed by atoms with Gasteiger partial charge in [0.1, 0.15) is 5.82 Å². The van der Waals surface area contributed by atoms with Gasteiger partial charge in [0.2, 0.25) is 0 Å². The van der Waals surface area contributed by atoms with Crippen molar-refractivity contribution in [2.45, 2.75) is 13.0 Å². The second-order valence-electron chi connectivity index (χ2n) is 7.79. The molecule has 6 heteroatoms. The zero-order valence-electron chi connectivity index (χ0n) is 18.1. The molecule has 0 aliphatic rings. The van der Waals surface area contributed by atoms with Crippen LogP contribution in [0.15, 0.2) is 97.3 Å². The largest absolute Gasteiger partial charge is 0.358 e. The number of nitrogens with one attached hydrogen (secondary N) is 3. The highest BCUT2D eigenvalue weighted by atomic mass is 16.1. The van der Waals surface area contributed by atoms with Crippen LogP contribution in [0, 0.1) is 6.92 Å². The molecule has 2 aromatic carbocycles. The Morgan fingerprint density at radius 1 is 0.879 bits per heavy atom. The topological polar surface area (TPSA) is 82.7 Å². The van der Waals surface area contributed by atoms with Gasteiger partial charge in [-0.1, -0.05) is 30.3 Å². The molecular formula is C27H23N5O. The van der Waals surface area contributed by atoms with Crippen LogP contribution in [-0.4, -0.2) is 20.9 Å². The molecule has 3 heterocycles. The van der Waals surface area contributed by atoms with E-state index in [2.05, 4.69) is 25.6 Å². The summed E-state index contributed by atoms with van der Waals surface area (Å²) in [5.74, 6) is 0.618. The molecule has 0 bridgehead atoms. The van der Waals surface area contributed by atoms with Crippen molar-refractivity contribution in [1.29, 1.82) is 0 Å². The number of carbonyl (C=O) groups excluding carboxylic acids is 1.